The Morgan fingerprint density at radius 2 is 1.85 bits per heavy atom. The van der Waals surface area contributed by atoms with Gasteiger partial charge in [-0.3, -0.25) is 4.79 Å². The number of ether oxygens (including phenoxy) is 1. The topological polar surface area (TPSA) is 73.2 Å². The molecule has 0 saturated heterocycles. The van der Waals surface area contributed by atoms with Crippen molar-refractivity contribution in [3.8, 4) is 5.69 Å². The van der Waals surface area contributed by atoms with Crippen LogP contribution in [0.2, 0.25) is 0 Å². The minimum absolute atomic E-state index is 0.222. The third-order valence-corrected chi connectivity index (χ3v) is 3.90. The number of benzene rings is 2. The molecule has 0 aliphatic heterocycles. The van der Waals surface area contributed by atoms with Gasteiger partial charge in [0, 0.05) is 18.9 Å². The Balaban J connectivity index is 1.53. The summed E-state index contributed by atoms with van der Waals surface area (Å²) in [6, 6.07) is 14.3. The average Bonchev–Trinajstić information content (AvgIpc) is 3.22. The lowest BCUT2D eigenvalue weighted by Crippen LogP contribution is -2.35. The lowest BCUT2D eigenvalue weighted by Gasteiger charge is -2.14. The zero-order valence-corrected chi connectivity index (χ0v) is 14.6. The van der Waals surface area contributed by atoms with Gasteiger partial charge in [0.15, 0.2) is 6.10 Å². The number of nitrogens with zero attached hydrogens (tertiary/aromatic N) is 2. The number of hydrogen-bond donors (Lipinski definition) is 1. The molecule has 0 aliphatic carbocycles. The van der Waals surface area contributed by atoms with E-state index in [4.69, 9.17) is 4.74 Å². The molecule has 0 aliphatic rings. The highest BCUT2D eigenvalue weighted by Gasteiger charge is 2.18. The molecule has 7 heteroatoms. The quantitative estimate of drug-likeness (QED) is 0.680. The van der Waals surface area contributed by atoms with Crippen LogP contribution >= 0.6 is 0 Å². The van der Waals surface area contributed by atoms with Gasteiger partial charge < -0.3 is 10.1 Å². The largest absolute Gasteiger partial charge is 0.449 e. The van der Waals surface area contributed by atoms with Crippen LogP contribution in [0.1, 0.15) is 22.8 Å². The van der Waals surface area contributed by atoms with Crippen molar-refractivity contribution in [1.29, 1.82) is 0 Å². The molecule has 0 bridgehead atoms. The zero-order valence-electron chi connectivity index (χ0n) is 14.6. The zero-order chi connectivity index (χ0) is 19.2. The standard InChI is InChI=1S/C20H18FN3O3/c1-14(19(25)22-13-15-3-7-17(21)8-4-15)27-20(26)16-5-9-18(10-6-16)24-12-2-11-23-24/h2-12,14H,13H2,1H3,(H,22,25). The summed E-state index contributed by atoms with van der Waals surface area (Å²) >= 11 is 0. The molecular weight excluding hydrogens is 349 g/mol. The maximum absolute atomic E-state index is 12.9. The molecule has 1 amide bonds. The first-order chi connectivity index (χ1) is 13.0. The third-order valence-electron chi connectivity index (χ3n) is 3.90. The van der Waals surface area contributed by atoms with Crippen LogP contribution in [0.3, 0.4) is 0 Å². The Hall–Kier alpha value is -3.48. The summed E-state index contributed by atoms with van der Waals surface area (Å²) in [5.41, 5.74) is 1.89. The van der Waals surface area contributed by atoms with Crippen LogP contribution in [0.4, 0.5) is 4.39 Å². The van der Waals surface area contributed by atoms with Gasteiger partial charge in [-0.2, -0.15) is 5.10 Å². The van der Waals surface area contributed by atoms with E-state index in [0.29, 0.717) is 5.56 Å². The van der Waals surface area contributed by atoms with Crippen molar-refractivity contribution in [2.75, 3.05) is 0 Å². The number of nitrogens with one attached hydrogen (secondary N) is 1. The van der Waals surface area contributed by atoms with Crippen LogP contribution in [0.15, 0.2) is 67.0 Å². The van der Waals surface area contributed by atoms with E-state index in [2.05, 4.69) is 10.4 Å². The predicted molar refractivity (Wildman–Crippen MR) is 96.7 cm³/mol. The molecule has 3 rings (SSSR count). The van der Waals surface area contributed by atoms with Gasteiger partial charge in [0.2, 0.25) is 0 Å². The van der Waals surface area contributed by atoms with Crippen molar-refractivity contribution in [3.05, 3.63) is 83.9 Å². The minimum atomic E-state index is -0.955. The second-order valence-electron chi connectivity index (χ2n) is 5.89. The molecule has 138 valence electrons. The Morgan fingerprint density at radius 3 is 2.48 bits per heavy atom. The number of carbonyl (C=O) groups excluding carboxylic acids is 2. The van der Waals surface area contributed by atoms with Gasteiger partial charge in [-0.1, -0.05) is 12.1 Å². The number of carbonyl (C=O) groups is 2. The molecule has 6 nitrogen and oxygen atoms in total. The molecule has 0 saturated carbocycles. The molecular formula is C20H18FN3O3. The summed E-state index contributed by atoms with van der Waals surface area (Å²) in [7, 11) is 0. The van der Waals surface area contributed by atoms with Crippen LogP contribution < -0.4 is 5.32 Å². The molecule has 0 fully saturated rings. The summed E-state index contributed by atoms with van der Waals surface area (Å²) in [4.78, 5) is 24.3. The second kappa shape index (κ2) is 8.27. The summed E-state index contributed by atoms with van der Waals surface area (Å²) in [6.07, 6.45) is 2.50. The lowest BCUT2D eigenvalue weighted by atomic mass is 10.2. The highest BCUT2D eigenvalue weighted by molar-refractivity contribution is 5.92. The van der Waals surface area contributed by atoms with Crippen LogP contribution in [0, 0.1) is 5.82 Å². The normalized spacial score (nSPS) is 11.6. The van der Waals surface area contributed by atoms with E-state index in [-0.39, 0.29) is 12.4 Å². The molecule has 1 aromatic heterocycles. The Kier molecular flexibility index (Phi) is 5.61. The van der Waals surface area contributed by atoms with E-state index < -0.39 is 18.0 Å². The summed E-state index contributed by atoms with van der Waals surface area (Å²) in [6.45, 7) is 1.72. The van der Waals surface area contributed by atoms with Crippen molar-refractivity contribution >= 4 is 11.9 Å². The van der Waals surface area contributed by atoms with Gasteiger partial charge in [0.1, 0.15) is 5.82 Å². The lowest BCUT2D eigenvalue weighted by molar-refractivity contribution is -0.129. The van der Waals surface area contributed by atoms with Gasteiger partial charge in [-0.05, 0) is 55.0 Å². The number of rotatable bonds is 6. The summed E-state index contributed by atoms with van der Waals surface area (Å²) in [5, 5.41) is 6.76. The fourth-order valence-corrected chi connectivity index (χ4v) is 2.39. The first-order valence-corrected chi connectivity index (χ1v) is 8.36. The first-order valence-electron chi connectivity index (χ1n) is 8.36. The SMILES string of the molecule is CC(OC(=O)c1ccc(-n2cccn2)cc1)C(=O)NCc1ccc(F)cc1. The molecule has 1 unspecified atom stereocenters. The molecule has 0 radical (unpaired) electrons. The van der Waals surface area contributed by atoms with Crippen molar-refractivity contribution in [1.82, 2.24) is 15.1 Å². The van der Waals surface area contributed by atoms with E-state index in [1.54, 1.807) is 59.5 Å². The molecule has 1 N–H and O–H groups in total. The van der Waals surface area contributed by atoms with Crippen molar-refractivity contribution in [2.24, 2.45) is 0 Å². The predicted octanol–water partition coefficient (Wildman–Crippen LogP) is 2.87. The Labute approximate surface area is 155 Å². The van der Waals surface area contributed by atoms with Crippen LogP contribution in [-0.4, -0.2) is 27.8 Å². The number of amides is 1. The Bertz CT molecular complexity index is 907. The van der Waals surface area contributed by atoms with Crippen molar-refractivity contribution in [2.45, 2.75) is 19.6 Å². The van der Waals surface area contributed by atoms with E-state index in [1.165, 1.54) is 19.1 Å². The van der Waals surface area contributed by atoms with Crippen LogP contribution in [0.5, 0.6) is 0 Å². The third kappa shape index (κ3) is 4.78. The maximum Gasteiger partial charge on any atom is 0.338 e. The number of aromatic nitrogens is 2. The summed E-state index contributed by atoms with van der Waals surface area (Å²) < 4.78 is 19.7. The molecule has 0 spiro atoms. The van der Waals surface area contributed by atoms with Gasteiger partial charge in [-0.25, -0.2) is 13.9 Å². The van der Waals surface area contributed by atoms with E-state index in [9.17, 15) is 14.0 Å². The van der Waals surface area contributed by atoms with Crippen LogP contribution in [0.25, 0.3) is 5.69 Å². The van der Waals surface area contributed by atoms with E-state index >= 15 is 0 Å². The number of hydrogen-bond acceptors (Lipinski definition) is 4. The fourth-order valence-electron chi connectivity index (χ4n) is 2.39. The summed E-state index contributed by atoms with van der Waals surface area (Å²) in [5.74, 6) is -1.36. The average molecular weight is 367 g/mol. The monoisotopic (exact) mass is 367 g/mol. The van der Waals surface area contributed by atoms with Crippen LogP contribution in [-0.2, 0) is 16.1 Å². The van der Waals surface area contributed by atoms with Gasteiger partial charge in [0.05, 0.1) is 11.3 Å². The number of esters is 1. The first kappa shape index (κ1) is 18.3. The Morgan fingerprint density at radius 1 is 1.15 bits per heavy atom. The maximum atomic E-state index is 12.9. The highest BCUT2D eigenvalue weighted by Crippen LogP contribution is 2.11. The van der Waals surface area contributed by atoms with Gasteiger partial charge >= 0.3 is 5.97 Å². The fraction of sp³-hybridized carbons (Fsp3) is 0.150. The molecule has 1 atom stereocenters. The second-order valence-corrected chi connectivity index (χ2v) is 5.89. The van der Waals surface area contributed by atoms with Gasteiger partial charge in [0.25, 0.3) is 5.91 Å². The number of halogens is 1. The minimum Gasteiger partial charge on any atom is -0.449 e. The molecule has 27 heavy (non-hydrogen) atoms. The van der Waals surface area contributed by atoms with Gasteiger partial charge in [-0.15, -0.1) is 0 Å². The van der Waals surface area contributed by atoms with Crippen molar-refractivity contribution < 1.29 is 18.7 Å². The molecule has 1 heterocycles. The molecule has 2 aromatic carbocycles. The van der Waals surface area contributed by atoms with E-state index in [0.717, 1.165) is 11.3 Å². The highest BCUT2D eigenvalue weighted by atomic mass is 19.1. The van der Waals surface area contributed by atoms with E-state index in [1.807, 2.05) is 0 Å². The molecule has 3 aromatic rings. The smallest absolute Gasteiger partial charge is 0.338 e. The van der Waals surface area contributed by atoms with Crippen molar-refractivity contribution in [3.63, 3.8) is 0 Å².